The minimum absolute atomic E-state index is 0.0679. The van der Waals surface area contributed by atoms with Crippen molar-refractivity contribution in [2.24, 2.45) is 15.9 Å². The van der Waals surface area contributed by atoms with Gasteiger partial charge >= 0.3 is 0 Å². The number of allylic oxidation sites excluding steroid dienone is 13. The van der Waals surface area contributed by atoms with Crippen molar-refractivity contribution in [1.82, 2.24) is 30.0 Å². The molecule has 2 N–H and O–H groups in total. The Morgan fingerprint density at radius 1 is 0.508 bits per heavy atom. The molecule has 10 aromatic rings. The van der Waals surface area contributed by atoms with Gasteiger partial charge in [-0.2, -0.15) is 9.15 Å². The van der Waals surface area contributed by atoms with E-state index in [1.807, 2.05) is 33.5 Å². The number of anilines is 2. The van der Waals surface area contributed by atoms with Gasteiger partial charge in [0.15, 0.2) is 23.2 Å². The van der Waals surface area contributed by atoms with E-state index >= 15 is 0 Å². The molecule has 0 fully saturated rings. The Labute approximate surface area is 713 Å². The van der Waals surface area contributed by atoms with Gasteiger partial charge in [0.25, 0.3) is 0 Å². The van der Waals surface area contributed by atoms with Crippen molar-refractivity contribution >= 4 is 79.6 Å². The van der Waals surface area contributed by atoms with Gasteiger partial charge < -0.3 is 20.0 Å². The van der Waals surface area contributed by atoms with Gasteiger partial charge in [-0.05, 0) is 182 Å². The lowest BCUT2D eigenvalue weighted by Gasteiger charge is -2.26. The van der Waals surface area contributed by atoms with Crippen molar-refractivity contribution in [3.05, 3.63) is 321 Å². The topological polar surface area (TPSA) is 139 Å². The molecule has 5 aliphatic heterocycles. The molecule has 1 atom stereocenters. The number of benzene rings is 8. The molecule has 0 bridgehead atoms. The van der Waals surface area contributed by atoms with Gasteiger partial charge in [0, 0.05) is 143 Å². The lowest BCUT2D eigenvalue weighted by Crippen LogP contribution is -2.27. The Hall–Kier alpha value is -12.2. The second kappa shape index (κ2) is 35.0. The number of aryl methyl sites for hydroxylation is 2. The first-order valence-corrected chi connectivity index (χ1v) is 43.6. The van der Waals surface area contributed by atoms with Crippen LogP contribution in [0.15, 0.2) is 274 Å². The average Bonchev–Trinajstić information content (AvgIpc) is 1.57. The Balaban J connectivity index is 0.515. The van der Waals surface area contributed by atoms with Gasteiger partial charge in [-0.25, -0.2) is 9.98 Å². The Bertz CT molecular complexity index is 5810. The fourth-order valence-electron chi connectivity index (χ4n) is 18.9. The Morgan fingerprint density at radius 2 is 0.967 bits per heavy atom. The molecule has 15 heteroatoms. The summed E-state index contributed by atoms with van der Waals surface area (Å²) in [6, 6.07) is 61.7. The molecule has 1 unspecified atom stereocenters. The van der Waals surface area contributed by atoms with Crippen LogP contribution in [0.1, 0.15) is 194 Å². The normalized spacial score (nSPS) is 17.9. The highest BCUT2D eigenvalue weighted by molar-refractivity contribution is 7.99. The van der Waals surface area contributed by atoms with Gasteiger partial charge in [0.05, 0.1) is 49.4 Å². The summed E-state index contributed by atoms with van der Waals surface area (Å²) < 4.78 is 8.61. The number of fused-ring (bicyclic) bond motifs is 9. The summed E-state index contributed by atoms with van der Waals surface area (Å²) in [6.45, 7) is 24.3. The van der Waals surface area contributed by atoms with E-state index in [1.165, 1.54) is 122 Å². The van der Waals surface area contributed by atoms with Crippen LogP contribution in [-0.4, -0.2) is 99.8 Å². The first-order valence-electron chi connectivity index (χ1n) is 42.8. The van der Waals surface area contributed by atoms with Crippen LogP contribution >= 0.6 is 11.8 Å². The molecule has 8 aromatic carbocycles. The number of aliphatic imine (C=N–C) groups is 2. The maximum absolute atomic E-state index is 11.0. The molecule has 6 aliphatic rings. The smallest absolute Gasteiger partial charge is 0.209 e. The summed E-state index contributed by atoms with van der Waals surface area (Å²) in [5.41, 5.74) is 26.2. The van der Waals surface area contributed by atoms with Crippen molar-refractivity contribution in [1.29, 1.82) is 0 Å². The average molecular weight is 1600 g/mol. The van der Waals surface area contributed by atoms with Crippen molar-refractivity contribution in [2.75, 3.05) is 37.0 Å². The minimum atomic E-state index is -0.142. The minimum Gasteiger partial charge on any atom is -0.497 e. The van der Waals surface area contributed by atoms with E-state index in [9.17, 15) is 10.2 Å². The summed E-state index contributed by atoms with van der Waals surface area (Å²) >= 11 is 1.81. The molecule has 0 radical (unpaired) electrons. The first-order chi connectivity index (χ1) is 58.1. The van der Waals surface area contributed by atoms with Crippen LogP contribution < -0.4 is 9.80 Å². The summed E-state index contributed by atoms with van der Waals surface area (Å²) in [5, 5.41) is 42.1. The number of unbranched alkanes of at least 4 members (excludes halogenated alkanes) is 4. The fraction of sp³-hybridized carbons (Fsp3) is 0.314. The predicted octanol–water partition coefficient (Wildman–Crippen LogP) is 22.6. The molecular formula is C105H110N12O2S+2. The highest BCUT2D eigenvalue weighted by atomic mass is 32.2. The molecule has 120 heavy (non-hydrogen) atoms. The summed E-state index contributed by atoms with van der Waals surface area (Å²) in [4.78, 5) is 16.1. The van der Waals surface area contributed by atoms with Crippen LogP contribution in [0.5, 0.6) is 0 Å². The number of rotatable bonds is 26. The lowest BCUT2D eigenvalue weighted by atomic mass is 9.81. The van der Waals surface area contributed by atoms with Crippen molar-refractivity contribution < 1.29 is 19.4 Å². The molecule has 7 heterocycles. The van der Waals surface area contributed by atoms with Crippen molar-refractivity contribution in [2.45, 2.75) is 191 Å². The van der Waals surface area contributed by atoms with E-state index in [-0.39, 0.29) is 52.5 Å². The van der Waals surface area contributed by atoms with E-state index in [1.54, 1.807) is 0 Å². The molecule has 606 valence electrons. The monoisotopic (exact) mass is 1600 g/mol. The first kappa shape index (κ1) is 81.6. The van der Waals surface area contributed by atoms with Crippen LogP contribution in [0.25, 0.3) is 21.9 Å². The van der Waals surface area contributed by atoms with Gasteiger partial charge in [-0.3, -0.25) is 9.36 Å². The van der Waals surface area contributed by atoms with Gasteiger partial charge in [-0.15, -0.1) is 10.2 Å². The third-order valence-electron chi connectivity index (χ3n) is 25.2. The van der Waals surface area contributed by atoms with E-state index < -0.39 is 0 Å². The summed E-state index contributed by atoms with van der Waals surface area (Å²) in [5.74, 6) is 14.5. The number of likely N-dealkylation sites (N-methyl/N-ethyl adjacent to an activating group) is 2. The van der Waals surface area contributed by atoms with Gasteiger partial charge in [-0.1, -0.05) is 226 Å². The zero-order valence-corrected chi connectivity index (χ0v) is 72.2. The standard InChI is InChI=1S/C105H108N12O2S/c1-73-66-77-59-58-76-40-22-23-41-80(76)100(77)99(73)101-81-67-74(38-32-36-62-114-71-78(108-110-114)69-106-97(118)54-20-14-34-64-116-89-48-30-26-44-85(89)104(6,7)95(116)52-18-12-16-50-93-102(2,3)83-42-24-28-46-87(83)112(93)10)56-60-91(81)120-92-61-57-75(68-82(92)101)39-33-37-63-115-72-79(109-111-115)70-107-98(119)55-21-15-35-65-117-90-49-31-27-45-86(90)105(8,9)96(117)53-19-13-17-51-94-103(4,5)84-43-25-29-47-88(84)113(94)11/h12-13,16-19,22-31,40-53,56-61,67-68,71-73H,14-15,20-21,34-37,54-55,62-66,69-70H2,1-11H3/p+2. The zero-order chi connectivity index (χ0) is 83.3. The fourth-order valence-corrected chi connectivity index (χ4v) is 20.0. The van der Waals surface area contributed by atoms with Gasteiger partial charge in [0.2, 0.25) is 11.4 Å². The number of para-hydroxylation sites is 4. The lowest BCUT2D eigenvalue weighted by molar-refractivity contribution is -0.438. The number of aromatic nitrogens is 6. The zero-order valence-electron chi connectivity index (χ0n) is 71.4. The van der Waals surface area contributed by atoms with E-state index in [0.29, 0.717) is 50.2 Å². The Kier molecular flexibility index (Phi) is 23.8. The van der Waals surface area contributed by atoms with Crippen LogP contribution in [0.2, 0.25) is 0 Å². The molecular weight excluding hydrogens is 1490 g/mol. The highest BCUT2D eigenvalue weighted by Gasteiger charge is 2.46. The molecule has 16 rings (SSSR count). The summed E-state index contributed by atoms with van der Waals surface area (Å²) in [7, 11) is 4.32. The SMILES string of the molecule is CC1Cc2ccc3ccccc3c2C1=C1c2cc(C#CCCn3cc(CN=C(O)CCCCC[N+]4=C(C=CC=CC=C5N(C)c6ccccc6C5(C)C)C(C)(C)c5ccccc54)nn3)ccc2Sc2ccc(C#CCCn3cc(CN=C(O)CCCCC[N+]4=C(C=CC=CC=C5N(C)c6ccccc6C5(C)C)C(C)(C)c5ccccc54)nn3)cc21. The van der Waals surface area contributed by atoms with Crippen LogP contribution in [0.4, 0.5) is 22.7 Å². The number of aliphatic hydroxyl groups excluding tert-OH is 2. The summed E-state index contributed by atoms with van der Waals surface area (Å²) in [6.07, 6.45) is 34.6. The number of hydrogen-bond acceptors (Lipinski definition) is 9. The highest BCUT2D eigenvalue weighted by Crippen LogP contribution is 2.55. The number of hydrogen-bond donors (Lipinski definition) is 2. The number of nitrogens with zero attached hydrogens (tertiary/aromatic N) is 12. The molecule has 0 amide bonds. The van der Waals surface area contributed by atoms with Crippen LogP contribution in [0, 0.1) is 29.6 Å². The number of aliphatic hydroxyl groups is 2. The van der Waals surface area contributed by atoms with Crippen molar-refractivity contribution in [3.8, 4) is 23.7 Å². The van der Waals surface area contributed by atoms with Gasteiger partial charge in [0.1, 0.15) is 24.5 Å². The predicted molar refractivity (Wildman–Crippen MR) is 494 cm³/mol. The molecule has 0 saturated carbocycles. The van der Waals surface area contributed by atoms with E-state index in [2.05, 4.69) is 380 Å². The molecule has 0 saturated heterocycles. The second-order valence-corrected chi connectivity index (χ2v) is 35.8. The molecule has 2 aromatic heterocycles. The molecule has 14 nitrogen and oxygen atoms in total. The quantitative estimate of drug-likeness (QED) is 0.0135. The van der Waals surface area contributed by atoms with Crippen LogP contribution in [-0.2, 0) is 54.3 Å². The second-order valence-electron chi connectivity index (χ2n) is 34.7. The largest absolute Gasteiger partial charge is 0.497 e. The van der Waals surface area contributed by atoms with Crippen molar-refractivity contribution in [3.63, 3.8) is 0 Å². The van der Waals surface area contributed by atoms with Crippen LogP contribution in [0.3, 0.4) is 0 Å². The van der Waals surface area contributed by atoms with E-state index in [4.69, 9.17) is 0 Å². The molecule has 0 spiro atoms. The van der Waals surface area contributed by atoms with E-state index in [0.717, 1.165) is 69.2 Å². The third-order valence-corrected chi connectivity index (χ3v) is 26.4. The maximum Gasteiger partial charge on any atom is 0.209 e. The molecule has 1 aliphatic carbocycles. The maximum atomic E-state index is 11.0. The third kappa shape index (κ3) is 16.7. The Morgan fingerprint density at radius 3 is 1.46 bits per heavy atom.